The van der Waals surface area contributed by atoms with Gasteiger partial charge in [-0.05, 0) is 62.9 Å². The molecule has 188 valence electrons. The molecule has 2 atom stereocenters. The van der Waals surface area contributed by atoms with Gasteiger partial charge in [-0.1, -0.05) is 71.1 Å². The molecule has 2 heterocycles. The summed E-state index contributed by atoms with van der Waals surface area (Å²) in [6.45, 7) is 5.79. The number of aromatic nitrogens is 8. The molecule has 0 aliphatic heterocycles. The number of H-pyrrole nitrogens is 2. The second-order valence-electron chi connectivity index (χ2n) is 9.26. The third kappa shape index (κ3) is 5.91. The molecular weight excluding hydrogens is 472 g/mol. The monoisotopic (exact) mass is 504 g/mol. The summed E-state index contributed by atoms with van der Waals surface area (Å²) in [5.74, 6) is 1.38. The summed E-state index contributed by atoms with van der Waals surface area (Å²) in [6.07, 6.45) is 3.50. The Kier molecular flexibility index (Phi) is 8.32. The van der Waals surface area contributed by atoms with E-state index in [1.54, 1.807) is 0 Å². The van der Waals surface area contributed by atoms with E-state index < -0.39 is 0 Å². The van der Waals surface area contributed by atoms with Crippen molar-refractivity contribution in [2.24, 2.45) is 0 Å². The Labute approximate surface area is 216 Å². The molecule has 0 saturated heterocycles. The molecule has 36 heavy (non-hydrogen) atoms. The molecule has 2 unspecified atom stereocenters. The smallest absolute Gasteiger partial charge is 0.184 e. The Morgan fingerprint density at radius 2 is 1.14 bits per heavy atom. The number of tetrazole rings is 2. The Hall–Kier alpha value is -3.73. The highest BCUT2D eigenvalue weighted by Crippen LogP contribution is 2.34. The van der Waals surface area contributed by atoms with Crippen LogP contribution >= 0.6 is 12.2 Å². The van der Waals surface area contributed by atoms with E-state index in [2.05, 4.69) is 90.0 Å². The van der Waals surface area contributed by atoms with Crippen molar-refractivity contribution in [1.29, 1.82) is 0 Å². The Morgan fingerprint density at radius 3 is 1.50 bits per heavy atom. The van der Waals surface area contributed by atoms with Crippen LogP contribution in [-0.2, 0) is 10.8 Å². The predicted octanol–water partition coefficient (Wildman–Crippen LogP) is 3.05. The van der Waals surface area contributed by atoms with Gasteiger partial charge in [0.25, 0.3) is 0 Å². The van der Waals surface area contributed by atoms with Crippen molar-refractivity contribution < 1.29 is 0 Å². The molecule has 0 amide bonds. The maximum absolute atomic E-state index is 5.51. The number of nitrogens with zero attached hydrogens (tertiary/aromatic N) is 6. The van der Waals surface area contributed by atoms with Crippen LogP contribution in [0, 0.1) is 0 Å². The van der Waals surface area contributed by atoms with Gasteiger partial charge in [-0.2, -0.15) is 10.4 Å². The predicted molar refractivity (Wildman–Crippen MR) is 141 cm³/mol. The van der Waals surface area contributed by atoms with Crippen molar-refractivity contribution in [3.63, 3.8) is 0 Å². The number of nitrogens with one attached hydrogen (secondary N) is 4. The van der Waals surface area contributed by atoms with E-state index in [0.29, 0.717) is 16.8 Å². The summed E-state index contributed by atoms with van der Waals surface area (Å²) in [4.78, 5) is 0. The highest BCUT2D eigenvalue weighted by atomic mass is 32.1. The first kappa shape index (κ1) is 25.4. The minimum Gasteiger partial charge on any atom is -0.363 e. The number of hydrogen-bond acceptors (Lipinski definition) is 7. The van der Waals surface area contributed by atoms with Crippen molar-refractivity contribution in [2.75, 3.05) is 13.1 Å². The molecule has 0 saturated carbocycles. The molecule has 11 heteroatoms. The number of rotatable bonds is 12. The number of thiocarbonyl (C=S) groups is 1. The summed E-state index contributed by atoms with van der Waals surface area (Å²) in [5.41, 5.74) is 1.66. The Bertz CT molecular complexity index is 1090. The molecule has 0 bridgehead atoms. The van der Waals surface area contributed by atoms with E-state index in [0.717, 1.165) is 49.9 Å². The molecule has 0 spiro atoms. The van der Waals surface area contributed by atoms with Gasteiger partial charge < -0.3 is 10.6 Å². The van der Waals surface area contributed by atoms with Gasteiger partial charge in [-0.3, -0.25) is 0 Å². The van der Waals surface area contributed by atoms with Crippen LogP contribution in [0.4, 0.5) is 0 Å². The zero-order valence-electron chi connectivity index (χ0n) is 20.6. The SMILES string of the molecule is CC(CCCNC(=S)NCCCC(C)(c1ccccc1)c1nn[nH]n1)(c1ccccc1)c1nn[nH]n1. The van der Waals surface area contributed by atoms with E-state index in [9.17, 15) is 0 Å². The van der Waals surface area contributed by atoms with Crippen LogP contribution in [0.2, 0.25) is 0 Å². The largest absolute Gasteiger partial charge is 0.363 e. The minimum atomic E-state index is -0.331. The molecule has 0 aliphatic carbocycles. The van der Waals surface area contributed by atoms with Crippen LogP contribution in [0.3, 0.4) is 0 Å². The highest BCUT2D eigenvalue weighted by molar-refractivity contribution is 7.80. The third-order valence-electron chi connectivity index (χ3n) is 6.78. The van der Waals surface area contributed by atoms with Crippen LogP contribution in [0.1, 0.15) is 62.3 Å². The molecule has 0 aliphatic rings. The summed E-state index contributed by atoms with van der Waals surface area (Å²) in [7, 11) is 0. The number of benzene rings is 2. The summed E-state index contributed by atoms with van der Waals surface area (Å²) in [5, 5.41) is 37.1. The number of hydrogen-bond donors (Lipinski definition) is 4. The van der Waals surface area contributed by atoms with E-state index in [1.807, 2.05) is 36.4 Å². The lowest BCUT2D eigenvalue weighted by atomic mass is 9.78. The van der Waals surface area contributed by atoms with Gasteiger partial charge in [-0.15, -0.1) is 20.4 Å². The molecule has 4 N–H and O–H groups in total. The molecule has 0 radical (unpaired) electrons. The normalized spacial score (nSPS) is 14.5. The average molecular weight is 505 g/mol. The number of aromatic amines is 2. The van der Waals surface area contributed by atoms with Gasteiger partial charge in [0.2, 0.25) is 0 Å². The van der Waals surface area contributed by atoms with Gasteiger partial charge in [-0.25, -0.2) is 0 Å². The molecule has 2 aromatic carbocycles. The van der Waals surface area contributed by atoms with Gasteiger partial charge in [0.1, 0.15) is 0 Å². The zero-order chi connectivity index (χ0) is 25.3. The average Bonchev–Trinajstić information content (AvgIpc) is 3.65. The summed E-state index contributed by atoms with van der Waals surface area (Å²) >= 11 is 5.51. The third-order valence-corrected chi connectivity index (χ3v) is 7.07. The summed E-state index contributed by atoms with van der Waals surface area (Å²) < 4.78 is 0. The molecule has 4 aromatic rings. The lowest BCUT2D eigenvalue weighted by molar-refractivity contribution is 0.464. The van der Waals surface area contributed by atoms with Crippen molar-refractivity contribution in [2.45, 2.75) is 50.4 Å². The zero-order valence-corrected chi connectivity index (χ0v) is 21.4. The Balaban J connectivity index is 1.24. The standard InChI is InChI=1S/C25H32N10S/c1-24(21-28-32-33-29-21,19-11-5-3-6-12-19)15-9-17-26-23(36)27-18-10-16-25(2,22-30-34-35-31-22)20-13-7-4-8-14-20/h3-8,11-14H,9-10,15-18H2,1-2H3,(H2,26,27,36)(H,28,29,32,33)(H,30,31,34,35). The van der Waals surface area contributed by atoms with E-state index >= 15 is 0 Å². The fraction of sp³-hybridized carbons (Fsp3) is 0.400. The van der Waals surface area contributed by atoms with Crippen molar-refractivity contribution in [1.82, 2.24) is 51.9 Å². The maximum Gasteiger partial charge on any atom is 0.184 e. The lowest BCUT2D eigenvalue weighted by Crippen LogP contribution is -2.37. The van der Waals surface area contributed by atoms with E-state index in [1.165, 1.54) is 0 Å². The van der Waals surface area contributed by atoms with Crippen LogP contribution < -0.4 is 10.6 Å². The van der Waals surface area contributed by atoms with Crippen LogP contribution in [0.25, 0.3) is 0 Å². The second-order valence-corrected chi connectivity index (χ2v) is 9.67. The second kappa shape index (κ2) is 11.8. The fourth-order valence-corrected chi connectivity index (χ4v) is 4.73. The van der Waals surface area contributed by atoms with Gasteiger partial charge in [0.15, 0.2) is 16.8 Å². The van der Waals surface area contributed by atoms with Crippen molar-refractivity contribution >= 4 is 17.3 Å². The molecular formula is C25H32N10S. The molecule has 10 nitrogen and oxygen atoms in total. The van der Waals surface area contributed by atoms with Gasteiger partial charge in [0, 0.05) is 13.1 Å². The highest BCUT2D eigenvalue weighted by Gasteiger charge is 2.33. The van der Waals surface area contributed by atoms with Crippen LogP contribution in [0.5, 0.6) is 0 Å². The maximum atomic E-state index is 5.51. The first-order valence-corrected chi connectivity index (χ1v) is 12.5. The van der Waals surface area contributed by atoms with Gasteiger partial charge >= 0.3 is 0 Å². The first-order valence-electron chi connectivity index (χ1n) is 12.1. The molecule has 4 rings (SSSR count). The first-order chi connectivity index (χ1) is 17.5. The summed E-state index contributed by atoms with van der Waals surface area (Å²) in [6, 6.07) is 20.6. The van der Waals surface area contributed by atoms with Crippen LogP contribution in [0.15, 0.2) is 60.7 Å². The van der Waals surface area contributed by atoms with Crippen molar-refractivity contribution in [3.8, 4) is 0 Å². The lowest BCUT2D eigenvalue weighted by Gasteiger charge is -2.27. The van der Waals surface area contributed by atoms with Gasteiger partial charge in [0.05, 0.1) is 10.8 Å². The fourth-order valence-electron chi connectivity index (χ4n) is 4.52. The Morgan fingerprint density at radius 1 is 0.722 bits per heavy atom. The molecule has 0 fully saturated rings. The minimum absolute atomic E-state index is 0.331. The molecule has 2 aromatic heterocycles. The topological polar surface area (TPSA) is 133 Å². The van der Waals surface area contributed by atoms with E-state index in [-0.39, 0.29) is 10.8 Å². The van der Waals surface area contributed by atoms with Crippen LogP contribution in [-0.4, -0.2) is 59.5 Å². The van der Waals surface area contributed by atoms with E-state index in [4.69, 9.17) is 12.2 Å². The quantitative estimate of drug-likeness (QED) is 0.170. The van der Waals surface area contributed by atoms with Crippen molar-refractivity contribution in [3.05, 3.63) is 83.4 Å².